The highest BCUT2D eigenvalue weighted by Crippen LogP contribution is 2.32. The first-order valence-corrected chi connectivity index (χ1v) is 8.36. The summed E-state index contributed by atoms with van der Waals surface area (Å²) >= 11 is 0. The summed E-state index contributed by atoms with van der Waals surface area (Å²) in [5, 5.41) is 3.99. The van der Waals surface area contributed by atoms with E-state index in [-0.39, 0.29) is 23.4 Å². The highest BCUT2D eigenvalue weighted by atomic mass is 16.5. The second kappa shape index (κ2) is 6.59. The zero-order chi connectivity index (χ0) is 17.3. The molecule has 0 radical (unpaired) electrons. The lowest BCUT2D eigenvalue weighted by Gasteiger charge is -2.22. The molecule has 0 spiro atoms. The molecule has 1 aliphatic heterocycles. The second-order valence-corrected chi connectivity index (χ2v) is 6.34. The van der Waals surface area contributed by atoms with Gasteiger partial charge in [0, 0.05) is 36.8 Å². The Morgan fingerprint density at radius 3 is 2.88 bits per heavy atom. The first kappa shape index (κ1) is 16.4. The average molecular weight is 330 g/mol. The number of amides is 1. The Kier molecular flexibility index (Phi) is 4.51. The van der Waals surface area contributed by atoms with Crippen LogP contribution in [-0.4, -0.2) is 32.1 Å². The molecule has 7 heteroatoms. The molecule has 1 unspecified atom stereocenters. The zero-order valence-electron chi connectivity index (χ0n) is 14.2. The van der Waals surface area contributed by atoms with Crippen molar-refractivity contribution in [1.29, 1.82) is 0 Å². The number of hydrogen-bond donors (Lipinski definition) is 0. The third-order valence-electron chi connectivity index (χ3n) is 4.36. The number of nitrogens with zero attached hydrogens (tertiary/aromatic N) is 4. The number of pyridine rings is 1. The Bertz CT molecular complexity index is 793. The van der Waals surface area contributed by atoms with Crippen LogP contribution in [0.5, 0.6) is 0 Å². The molecule has 2 aromatic heterocycles. The molecule has 1 aliphatic rings. The standard InChI is InChI=1S/C17H22N4O3/c1-4-20-9-7-12(10-14(20)22)17(23)21-8-5-6-13(21)16-18-15(11(2)3)19-24-16/h7,9-11,13H,4-6,8H2,1-3H3. The summed E-state index contributed by atoms with van der Waals surface area (Å²) in [4.78, 5) is 30.9. The van der Waals surface area contributed by atoms with Crippen LogP contribution in [0.4, 0.5) is 0 Å². The summed E-state index contributed by atoms with van der Waals surface area (Å²) in [5.41, 5.74) is 0.235. The van der Waals surface area contributed by atoms with Crippen LogP contribution >= 0.6 is 0 Å². The van der Waals surface area contributed by atoms with E-state index < -0.39 is 0 Å². The molecule has 3 rings (SSSR count). The third-order valence-corrected chi connectivity index (χ3v) is 4.36. The van der Waals surface area contributed by atoms with E-state index >= 15 is 0 Å². The summed E-state index contributed by atoms with van der Waals surface area (Å²) in [7, 11) is 0. The quantitative estimate of drug-likeness (QED) is 0.859. The predicted octanol–water partition coefficient (Wildman–Crippen LogP) is 2.35. The normalized spacial score (nSPS) is 17.7. The van der Waals surface area contributed by atoms with Crippen molar-refractivity contribution in [2.75, 3.05) is 6.54 Å². The van der Waals surface area contributed by atoms with Gasteiger partial charge in [0.2, 0.25) is 5.89 Å². The maximum Gasteiger partial charge on any atom is 0.254 e. The molecule has 3 heterocycles. The van der Waals surface area contributed by atoms with E-state index in [1.54, 1.807) is 21.7 Å². The van der Waals surface area contributed by atoms with E-state index in [2.05, 4.69) is 10.1 Å². The fourth-order valence-corrected chi connectivity index (χ4v) is 2.95. The second-order valence-electron chi connectivity index (χ2n) is 6.34. The zero-order valence-corrected chi connectivity index (χ0v) is 14.2. The number of likely N-dealkylation sites (tertiary alicyclic amines) is 1. The lowest BCUT2D eigenvalue weighted by molar-refractivity contribution is 0.0709. The largest absolute Gasteiger partial charge is 0.337 e. The van der Waals surface area contributed by atoms with Gasteiger partial charge in [-0.1, -0.05) is 19.0 Å². The molecular formula is C17H22N4O3. The van der Waals surface area contributed by atoms with Gasteiger partial charge in [0.25, 0.3) is 11.5 Å². The minimum absolute atomic E-state index is 0.165. The van der Waals surface area contributed by atoms with Crippen LogP contribution in [-0.2, 0) is 6.54 Å². The van der Waals surface area contributed by atoms with Crippen LogP contribution in [0.2, 0.25) is 0 Å². The van der Waals surface area contributed by atoms with Crippen molar-refractivity contribution < 1.29 is 9.32 Å². The van der Waals surface area contributed by atoms with Gasteiger partial charge in [-0.25, -0.2) is 0 Å². The molecule has 0 bridgehead atoms. The van der Waals surface area contributed by atoms with Crippen molar-refractivity contribution in [2.24, 2.45) is 0 Å². The lowest BCUT2D eigenvalue weighted by atomic mass is 10.2. The Morgan fingerprint density at radius 2 is 2.25 bits per heavy atom. The minimum Gasteiger partial charge on any atom is -0.337 e. The van der Waals surface area contributed by atoms with E-state index in [9.17, 15) is 9.59 Å². The summed E-state index contributed by atoms with van der Waals surface area (Å²) in [6.45, 7) is 7.09. The minimum atomic E-state index is -0.217. The molecule has 1 atom stereocenters. The number of hydrogen-bond acceptors (Lipinski definition) is 5. The summed E-state index contributed by atoms with van der Waals surface area (Å²) < 4.78 is 6.93. The maximum absolute atomic E-state index is 12.8. The lowest BCUT2D eigenvalue weighted by Crippen LogP contribution is -2.32. The van der Waals surface area contributed by atoms with Gasteiger partial charge >= 0.3 is 0 Å². The van der Waals surface area contributed by atoms with Crippen LogP contribution in [0.3, 0.4) is 0 Å². The molecule has 1 amide bonds. The molecule has 0 N–H and O–H groups in total. The van der Waals surface area contributed by atoms with Gasteiger partial charge in [0.15, 0.2) is 5.82 Å². The van der Waals surface area contributed by atoms with Crippen LogP contribution in [0.15, 0.2) is 27.6 Å². The van der Waals surface area contributed by atoms with Gasteiger partial charge in [0.05, 0.1) is 0 Å². The predicted molar refractivity (Wildman–Crippen MR) is 87.8 cm³/mol. The van der Waals surface area contributed by atoms with Crippen LogP contribution in [0, 0.1) is 0 Å². The van der Waals surface area contributed by atoms with Crippen molar-refractivity contribution in [3.8, 4) is 0 Å². The number of carbonyl (C=O) groups excluding carboxylic acids is 1. The van der Waals surface area contributed by atoms with Crippen molar-refractivity contribution in [1.82, 2.24) is 19.6 Å². The number of carbonyl (C=O) groups is 1. The smallest absolute Gasteiger partial charge is 0.254 e. The van der Waals surface area contributed by atoms with Crippen LogP contribution in [0.1, 0.15) is 67.6 Å². The number of aryl methyl sites for hydroxylation is 1. The first-order chi connectivity index (χ1) is 11.5. The number of aromatic nitrogens is 3. The molecule has 1 saturated heterocycles. The average Bonchev–Trinajstić information content (AvgIpc) is 3.22. The van der Waals surface area contributed by atoms with Gasteiger partial charge in [-0.15, -0.1) is 0 Å². The van der Waals surface area contributed by atoms with Crippen molar-refractivity contribution >= 4 is 5.91 Å². The van der Waals surface area contributed by atoms with E-state index in [1.807, 2.05) is 20.8 Å². The molecule has 128 valence electrons. The first-order valence-electron chi connectivity index (χ1n) is 8.36. The fraction of sp³-hybridized carbons (Fsp3) is 0.529. The topological polar surface area (TPSA) is 81.2 Å². The van der Waals surface area contributed by atoms with Crippen LogP contribution < -0.4 is 5.56 Å². The van der Waals surface area contributed by atoms with Gasteiger partial charge in [-0.2, -0.15) is 4.98 Å². The molecule has 2 aromatic rings. The van der Waals surface area contributed by atoms with Crippen LogP contribution in [0.25, 0.3) is 0 Å². The monoisotopic (exact) mass is 330 g/mol. The fourth-order valence-electron chi connectivity index (χ4n) is 2.95. The summed E-state index contributed by atoms with van der Waals surface area (Å²) in [6.07, 6.45) is 3.32. The maximum atomic E-state index is 12.8. The molecule has 0 aliphatic carbocycles. The Balaban J connectivity index is 1.85. The van der Waals surface area contributed by atoms with Gasteiger partial charge in [-0.3, -0.25) is 9.59 Å². The Morgan fingerprint density at radius 1 is 1.46 bits per heavy atom. The summed E-state index contributed by atoms with van der Waals surface area (Å²) in [6, 6.07) is 2.87. The third kappa shape index (κ3) is 2.98. The Hall–Kier alpha value is -2.44. The molecular weight excluding hydrogens is 308 g/mol. The Labute approximate surface area is 140 Å². The van der Waals surface area contributed by atoms with Gasteiger partial charge in [-0.05, 0) is 25.8 Å². The van der Waals surface area contributed by atoms with E-state index in [1.165, 1.54) is 6.07 Å². The highest BCUT2D eigenvalue weighted by molar-refractivity contribution is 5.94. The molecule has 0 saturated carbocycles. The number of rotatable bonds is 4. The SMILES string of the molecule is CCn1ccc(C(=O)N2CCCC2c2nc(C(C)C)no2)cc1=O. The van der Waals surface area contributed by atoms with Crippen molar-refractivity contribution in [2.45, 2.75) is 52.1 Å². The van der Waals surface area contributed by atoms with E-state index in [0.29, 0.717) is 30.4 Å². The van der Waals surface area contributed by atoms with Crippen molar-refractivity contribution in [3.63, 3.8) is 0 Å². The molecule has 1 fully saturated rings. The van der Waals surface area contributed by atoms with Gasteiger partial charge < -0.3 is 14.0 Å². The van der Waals surface area contributed by atoms with Gasteiger partial charge in [0.1, 0.15) is 6.04 Å². The molecule has 0 aromatic carbocycles. The van der Waals surface area contributed by atoms with E-state index in [0.717, 1.165) is 12.8 Å². The highest BCUT2D eigenvalue weighted by Gasteiger charge is 2.34. The molecule has 24 heavy (non-hydrogen) atoms. The molecule has 7 nitrogen and oxygen atoms in total. The van der Waals surface area contributed by atoms with Crippen molar-refractivity contribution in [3.05, 3.63) is 46.0 Å². The summed E-state index contributed by atoms with van der Waals surface area (Å²) in [5.74, 6) is 1.14. The van der Waals surface area contributed by atoms with E-state index in [4.69, 9.17) is 4.52 Å².